The largest absolute Gasteiger partial charge is 0.490 e. The third-order valence-electron chi connectivity index (χ3n) is 5.31. The fourth-order valence-corrected chi connectivity index (χ4v) is 3.46. The second-order valence-corrected chi connectivity index (χ2v) is 7.68. The van der Waals surface area contributed by atoms with Crippen LogP contribution >= 0.6 is 0 Å². The van der Waals surface area contributed by atoms with E-state index in [0.29, 0.717) is 30.4 Å². The highest BCUT2D eigenvalue weighted by Crippen LogP contribution is 2.30. The normalized spacial score (nSPS) is 11.8. The predicted octanol–water partition coefficient (Wildman–Crippen LogP) is 4.53. The topological polar surface area (TPSA) is 79.9 Å². The Hall–Kier alpha value is -3.58. The van der Waals surface area contributed by atoms with Crippen LogP contribution in [0.4, 0.5) is 11.4 Å². The van der Waals surface area contributed by atoms with Gasteiger partial charge in [0.05, 0.1) is 25.8 Å². The highest BCUT2D eigenvalue weighted by atomic mass is 16.5. The Labute approximate surface area is 194 Å². The zero-order valence-electron chi connectivity index (χ0n) is 19.6. The van der Waals surface area contributed by atoms with E-state index < -0.39 is 6.04 Å². The third-order valence-corrected chi connectivity index (χ3v) is 5.31. The van der Waals surface area contributed by atoms with Gasteiger partial charge in [0.2, 0.25) is 11.8 Å². The molecular weight excluding hydrogens is 418 g/mol. The first kappa shape index (κ1) is 24.1. The smallest absolute Gasteiger partial charge is 0.241 e. The lowest BCUT2D eigenvalue weighted by atomic mass is 10.1. The summed E-state index contributed by atoms with van der Waals surface area (Å²) in [5, 5.41) is 7.87. The Kier molecular flexibility index (Phi) is 8.27. The molecule has 0 spiro atoms. The molecule has 7 heteroatoms. The molecule has 3 aromatic rings. The molecule has 0 saturated carbocycles. The van der Waals surface area contributed by atoms with Crippen molar-refractivity contribution in [3.8, 4) is 11.5 Å². The van der Waals surface area contributed by atoms with E-state index in [1.54, 1.807) is 37.1 Å². The first-order valence-electron chi connectivity index (χ1n) is 11.1. The van der Waals surface area contributed by atoms with E-state index in [-0.39, 0.29) is 18.4 Å². The Morgan fingerprint density at radius 1 is 0.909 bits per heavy atom. The van der Waals surface area contributed by atoms with Gasteiger partial charge >= 0.3 is 0 Å². The quantitative estimate of drug-likeness (QED) is 0.475. The third kappa shape index (κ3) is 6.23. The predicted molar refractivity (Wildman–Crippen MR) is 132 cm³/mol. The van der Waals surface area contributed by atoms with Crippen LogP contribution in [0.1, 0.15) is 20.8 Å². The molecule has 0 bridgehead atoms. The summed E-state index contributed by atoms with van der Waals surface area (Å²) in [5.41, 5.74) is 1.36. The lowest BCUT2D eigenvalue weighted by molar-refractivity contribution is -0.122. The molecule has 1 atom stereocenters. The maximum atomic E-state index is 12.8. The van der Waals surface area contributed by atoms with Gasteiger partial charge in [-0.05, 0) is 51.4 Å². The Morgan fingerprint density at radius 3 is 2.36 bits per heavy atom. The number of hydrogen-bond donors (Lipinski definition) is 2. The van der Waals surface area contributed by atoms with E-state index in [4.69, 9.17) is 9.47 Å². The number of amides is 2. The van der Waals surface area contributed by atoms with Gasteiger partial charge in [-0.15, -0.1) is 0 Å². The number of carbonyl (C=O) groups is 2. The molecule has 0 saturated heterocycles. The van der Waals surface area contributed by atoms with Gasteiger partial charge in [-0.2, -0.15) is 0 Å². The summed E-state index contributed by atoms with van der Waals surface area (Å²) in [6.45, 7) is 6.64. The number of hydrogen-bond acceptors (Lipinski definition) is 5. The number of likely N-dealkylation sites (N-methyl/N-ethyl adjacent to an activating group) is 1. The number of fused-ring (bicyclic) bond motifs is 1. The van der Waals surface area contributed by atoms with Crippen LogP contribution in [0, 0.1) is 0 Å². The van der Waals surface area contributed by atoms with Crippen molar-refractivity contribution in [3.05, 3.63) is 60.7 Å². The number of rotatable bonds is 10. The van der Waals surface area contributed by atoms with Crippen molar-refractivity contribution in [3.63, 3.8) is 0 Å². The Bertz CT molecular complexity index is 1110. The van der Waals surface area contributed by atoms with Crippen LogP contribution in [0.5, 0.6) is 11.5 Å². The molecule has 174 valence electrons. The summed E-state index contributed by atoms with van der Waals surface area (Å²) in [6.07, 6.45) is 0. The molecule has 0 aliphatic carbocycles. The lowest BCUT2D eigenvalue weighted by Crippen LogP contribution is -2.43. The molecule has 2 N–H and O–H groups in total. The van der Waals surface area contributed by atoms with Crippen molar-refractivity contribution in [2.45, 2.75) is 26.8 Å². The number of carbonyl (C=O) groups excluding carboxylic acids is 2. The van der Waals surface area contributed by atoms with Crippen molar-refractivity contribution >= 4 is 34.0 Å². The van der Waals surface area contributed by atoms with Crippen LogP contribution in [0.2, 0.25) is 0 Å². The number of benzene rings is 3. The molecule has 0 radical (unpaired) electrons. The van der Waals surface area contributed by atoms with Gasteiger partial charge in [0, 0.05) is 22.8 Å². The van der Waals surface area contributed by atoms with Gasteiger partial charge in [-0.1, -0.05) is 36.4 Å². The standard InChI is InChI=1S/C26H31N3O4/c1-5-32-23-15-14-20(16-24(23)33-6-2)27-25(30)17-29(4)18(3)26(31)28-22-13-9-11-19-10-7-8-12-21(19)22/h7-16,18H,5-6,17H2,1-4H3,(H,27,30)(H,28,31)/t18-/m1/s1. The second-order valence-electron chi connectivity index (χ2n) is 7.68. The summed E-state index contributed by atoms with van der Waals surface area (Å²) in [7, 11) is 1.75. The molecule has 0 heterocycles. The molecule has 2 amide bonds. The minimum Gasteiger partial charge on any atom is -0.490 e. The van der Waals surface area contributed by atoms with Crippen LogP contribution in [0.3, 0.4) is 0 Å². The fourth-order valence-electron chi connectivity index (χ4n) is 3.46. The van der Waals surface area contributed by atoms with E-state index in [1.165, 1.54) is 0 Å². The number of anilines is 2. The van der Waals surface area contributed by atoms with Crippen molar-refractivity contribution < 1.29 is 19.1 Å². The molecule has 0 unspecified atom stereocenters. The van der Waals surface area contributed by atoms with E-state index in [9.17, 15) is 9.59 Å². The summed E-state index contributed by atoms with van der Waals surface area (Å²) < 4.78 is 11.2. The van der Waals surface area contributed by atoms with Crippen molar-refractivity contribution in [1.29, 1.82) is 0 Å². The Balaban J connectivity index is 1.60. The van der Waals surface area contributed by atoms with Gasteiger partial charge in [0.25, 0.3) is 0 Å². The van der Waals surface area contributed by atoms with E-state index in [0.717, 1.165) is 16.5 Å². The molecule has 0 fully saturated rings. The average Bonchev–Trinajstić information content (AvgIpc) is 2.80. The van der Waals surface area contributed by atoms with Gasteiger partial charge in [0.15, 0.2) is 11.5 Å². The van der Waals surface area contributed by atoms with Crippen molar-refractivity contribution in [2.24, 2.45) is 0 Å². The van der Waals surface area contributed by atoms with Crippen LogP contribution in [-0.2, 0) is 9.59 Å². The van der Waals surface area contributed by atoms with Crippen LogP contribution < -0.4 is 20.1 Å². The number of ether oxygens (including phenoxy) is 2. The zero-order valence-corrected chi connectivity index (χ0v) is 19.6. The minimum atomic E-state index is -0.506. The van der Waals surface area contributed by atoms with Crippen molar-refractivity contribution in [2.75, 3.05) is 37.4 Å². The maximum Gasteiger partial charge on any atom is 0.241 e. The molecule has 3 rings (SSSR count). The summed E-state index contributed by atoms with van der Waals surface area (Å²) in [4.78, 5) is 27.1. The SMILES string of the molecule is CCOc1ccc(NC(=O)CN(C)[C@H](C)C(=O)Nc2cccc3ccccc23)cc1OCC. The zero-order chi connectivity index (χ0) is 23.8. The molecule has 33 heavy (non-hydrogen) atoms. The maximum absolute atomic E-state index is 12.8. The molecule has 0 aliphatic heterocycles. The van der Waals surface area contributed by atoms with Gasteiger partial charge < -0.3 is 20.1 Å². The van der Waals surface area contributed by atoms with Gasteiger partial charge in [-0.25, -0.2) is 0 Å². The van der Waals surface area contributed by atoms with Gasteiger partial charge in [0.1, 0.15) is 0 Å². The van der Waals surface area contributed by atoms with E-state index in [1.807, 2.05) is 56.3 Å². The number of nitrogens with one attached hydrogen (secondary N) is 2. The molecular formula is C26H31N3O4. The summed E-state index contributed by atoms with van der Waals surface area (Å²) in [5.74, 6) is 0.803. The summed E-state index contributed by atoms with van der Waals surface area (Å²) >= 11 is 0. The minimum absolute atomic E-state index is 0.0568. The molecule has 0 aliphatic rings. The molecule has 0 aromatic heterocycles. The first-order chi connectivity index (χ1) is 15.9. The molecule has 7 nitrogen and oxygen atoms in total. The van der Waals surface area contributed by atoms with E-state index >= 15 is 0 Å². The van der Waals surface area contributed by atoms with Crippen LogP contribution in [0.25, 0.3) is 10.8 Å². The average molecular weight is 450 g/mol. The fraction of sp³-hybridized carbons (Fsp3) is 0.308. The highest BCUT2D eigenvalue weighted by molar-refractivity contribution is 6.04. The first-order valence-corrected chi connectivity index (χ1v) is 11.1. The van der Waals surface area contributed by atoms with Crippen LogP contribution in [0.15, 0.2) is 60.7 Å². The van der Waals surface area contributed by atoms with Crippen molar-refractivity contribution in [1.82, 2.24) is 4.90 Å². The van der Waals surface area contributed by atoms with E-state index in [2.05, 4.69) is 10.6 Å². The number of nitrogens with zero attached hydrogens (tertiary/aromatic N) is 1. The summed E-state index contributed by atoms with van der Waals surface area (Å²) in [6, 6.07) is 18.4. The molecule has 3 aromatic carbocycles. The Morgan fingerprint density at radius 2 is 1.61 bits per heavy atom. The van der Waals surface area contributed by atoms with Gasteiger partial charge in [-0.3, -0.25) is 14.5 Å². The highest BCUT2D eigenvalue weighted by Gasteiger charge is 2.21. The monoisotopic (exact) mass is 449 g/mol. The second kappa shape index (κ2) is 11.3. The van der Waals surface area contributed by atoms with Crippen LogP contribution in [-0.4, -0.2) is 49.6 Å². The lowest BCUT2D eigenvalue weighted by Gasteiger charge is -2.23.